The van der Waals surface area contributed by atoms with Crippen molar-refractivity contribution in [1.29, 1.82) is 0 Å². The summed E-state index contributed by atoms with van der Waals surface area (Å²) in [6.45, 7) is 2.36. The normalized spacial score (nSPS) is 9.94. The van der Waals surface area contributed by atoms with E-state index in [4.69, 9.17) is 5.11 Å². The summed E-state index contributed by atoms with van der Waals surface area (Å²) in [5, 5.41) is 11.5. The van der Waals surface area contributed by atoms with Crippen LogP contribution in [0, 0.1) is 0 Å². The molecule has 6 nitrogen and oxygen atoms in total. The van der Waals surface area contributed by atoms with Crippen LogP contribution in [-0.2, 0) is 11.3 Å². The highest BCUT2D eigenvalue weighted by molar-refractivity contribution is 5.85. The summed E-state index contributed by atoms with van der Waals surface area (Å²) in [6.07, 6.45) is 0.0814. The zero-order valence-corrected chi connectivity index (χ0v) is 9.47. The quantitative estimate of drug-likeness (QED) is 0.760. The van der Waals surface area contributed by atoms with Gasteiger partial charge in [-0.1, -0.05) is 6.07 Å². The van der Waals surface area contributed by atoms with Gasteiger partial charge >= 0.3 is 5.97 Å². The molecule has 0 fully saturated rings. The molecule has 17 heavy (non-hydrogen) atoms. The van der Waals surface area contributed by atoms with Crippen molar-refractivity contribution in [1.82, 2.24) is 9.88 Å². The molecule has 0 unspecified atom stereocenters. The molecule has 0 radical (unpaired) electrons. The molecule has 6 heteroatoms. The van der Waals surface area contributed by atoms with Crippen LogP contribution in [0.3, 0.4) is 0 Å². The highest BCUT2D eigenvalue weighted by atomic mass is 16.4. The molecule has 0 bridgehead atoms. The summed E-state index contributed by atoms with van der Waals surface area (Å²) in [7, 11) is 0. The van der Waals surface area contributed by atoms with Gasteiger partial charge in [-0.25, -0.2) is 4.79 Å². The lowest BCUT2D eigenvalue weighted by atomic mass is 10.3. The molecule has 1 aromatic rings. The fourth-order valence-electron chi connectivity index (χ4n) is 1.44. The van der Waals surface area contributed by atoms with Gasteiger partial charge < -0.3 is 15.0 Å². The van der Waals surface area contributed by atoms with E-state index in [0.717, 1.165) is 4.57 Å². The molecule has 92 valence electrons. The third kappa shape index (κ3) is 3.44. The first-order chi connectivity index (χ1) is 8.06. The molecule has 0 atom stereocenters. The van der Waals surface area contributed by atoms with Crippen LogP contribution in [0.15, 0.2) is 23.0 Å². The Morgan fingerprint density at radius 3 is 2.71 bits per heavy atom. The second-order valence-corrected chi connectivity index (χ2v) is 3.41. The van der Waals surface area contributed by atoms with E-state index >= 15 is 0 Å². The Morgan fingerprint density at radius 2 is 2.12 bits per heavy atom. The lowest BCUT2D eigenvalue weighted by Crippen LogP contribution is -2.29. The number of carboxylic acids is 1. The fourth-order valence-corrected chi connectivity index (χ4v) is 1.44. The monoisotopic (exact) mass is 238 g/mol. The number of rotatable bonds is 5. The van der Waals surface area contributed by atoms with Gasteiger partial charge in [0.1, 0.15) is 5.69 Å². The molecule has 1 rings (SSSR count). The van der Waals surface area contributed by atoms with Crippen molar-refractivity contribution in [3.05, 3.63) is 34.2 Å². The Hall–Kier alpha value is -2.11. The minimum Gasteiger partial charge on any atom is -0.477 e. The fraction of sp³-hybridized carbons (Fsp3) is 0.364. The number of nitrogens with one attached hydrogen (secondary N) is 1. The molecule has 0 aliphatic rings. The average molecular weight is 238 g/mol. The average Bonchev–Trinajstić information content (AvgIpc) is 2.27. The van der Waals surface area contributed by atoms with Crippen LogP contribution in [0.5, 0.6) is 0 Å². The van der Waals surface area contributed by atoms with E-state index in [0.29, 0.717) is 6.54 Å². The minimum absolute atomic E-state index is 0.0626. The predicted molar refractivity (Wildman–Crippen MR) is 61.0 cm³/mol. The maximum Gasteiger partial charge on any atom is 0.352 e. The Labute approximate surface area is 97.9 Å². The van der Waals surface area contributed by atoms with Crippen molar-refractivity contribution in [2.24, 2.45) is 0 Å². The summed E-state index contributed by atoms with van der Waals surface area (Å²) in [5.74, 6) is -1.39. The van der Waals surface area contributed by atoms with Crippen molar-refractivity contribution in [3.8, 4) is 0 Å². The van der Waals surface area contributed by atoms with Gasteiger partial charge in [-0.3, -0.25) is 9.59 Å². The molecular formula is C11H14N2O4. The number of aromatic carboxylic acids is 1. The van der Waals surface area contributed by atoms with E-state index in [1.54, 1.807) is 6.92 Å². The molecule has 2 N–H and O–H groups in total. The largest absolute Gasteiger partial charge is 0.477 e. The van der Waals surface area contributed by atoms with E-state index < -0.39 is 11.5 Å². The summed E-state index contributed by atoms with van der Waals surface area (Å²) in [5.41, 5.74) is -0.531. The van der Waals surface area contributed by atoms with Crippen molar-refractivity contribution in [2.45, 2.75) is 19.9 Å². The zero-order chi connectivity index (χ0) is 12.8. The summed E-state index contributed by atoms with van der Waals surface area (Å²) < 4.78 is 1.08. The van der Waals surface area contributed by atoms with E-state index in [1.165, 1.54) is 18.2 Å². The van der Waals surface area contributed by atoms with Crippen molar-refractivity contribution in [3.63, 3.8) is 0 Å². The molecular weight excluding hydrogens is 224 g/mol. The maximum absolute atomic E-state index is 11.5. The summed E-state index contributed by atoms with van der Waals surface area (Å²) in [6, 6.07) is 3.99. The molecule has 1 aromatic heterocycles. The lowest BCUT2D eigenvalue weighted by Gasteiger charge is -2.08. The zero-order valence-electron chi connectivity index (χ0n) is 9.47. The van der Waals surface area contributed by atoms with Crippen molar-refractivity contribution in [2.75, 3.05) is 6.54 Å². The van der Waals surface area contributed by atoms with Crippen molar-refractivity contribution >= 4 is 11.9 Å². The Morgan fingerprint density at radius 1 is 1.41 bits per heavy atom. The van der Waals surface area contributed by atoms with Crippen LogP contribution >= 0.6 is 0 Å². The number of aromatic nitrogens is 1. The number of carbonyl (C=O) groups is 2. The van der Waals surface area contributed by atoms with E-state index in [9.17, 15) is 14.4 Å². The number of carboxylic acid groups (broad SMARTS) is 1. The second-order valence-electron chi connectivity index (χ2n) is 3.41. The van der Waals surface area contributed by atoms with E-state index in [1.807, 2.05) is 0 Å². The first kappa shape index (κ1) is 13.0. The van der Waals surface area contributed by atoms with Gasteiger partial charge in [0.15, 0.2) is 0 Å². The van der Waals surface area contributed by atoms with E-state index in [-0.39, 0.29) is 24.6 Å². The van der Waals surface area contributed by atoms with Gasteiger partial charge in [0, 0.05) is 25.6 Å². The lowest BCUT2D eigenvalue weighted by molar-refractivity contribution is -0.121. The molecule has 0 aromatic carbocycles. The number of carbonyl (C=O) groups excluding carboxylic acids is 1. The number of pyridine rings is 1. The first-order valence-corrected chi connectivity index (χ1v) is 5.26. The van der Waals surface area contributed by atoms with Gasteiger partial charge in [-0.2, -0.15) is 0 Å². The third-order valence-corrected chi connectivity index (χ3v) is 2.21. The van der Waals surface area contributed by atoms with Gasteiger partial charge in [-0.15, -0.1) is 0 Å². The molecule has 0 saturated carbocycles. The number of hydrogen-bond donors (Lipinski definition) is 2. The Balaban J connectivity index is 2.86. The molecule has 0 spiro atoms. The molecule has 0 saturated heterocycles. The second kappa shape index (κ2) is 5.83. The highest BCUT2D eigenvalue weighted by Crippen LogP contribution is 1.98. The predicted octanol–water partition coefficient (Wildman–Crippen LogP) is 0.0727. The van der Waals surface area contributed by atoms with Crippen molar-refractivity contribution < 1.29 is 14.7 Å². The molecule has 0 aliphatic carbocycles. The highest BCUT2D eigenvalue weighted by Gasteiger charge is 2.11. The maximum atomic E-state index is 11.5. The number of amides is 1. The molecule has 1 heterocycles. The SMILES string of the molecule is CCNC(=O)CCn1c(C(=O)O)cccc1=O. The van der Waals surface area contributed by atoms with Gasteiger partial charge in [-0.05, 0) is 13.0 Å². The van der Waals surface area contributed by atoms with Crippen LogP contribution in [0.1, 0.15) is 23.8 Å². The van der Waals surface area contributed by atoms with Gasteiger partial charge in [0.25, 0.3) is 5.56 Å². The van der Waals surface area contributed by atoms with E-state index in [2.05, 4.69) is 5.32 Å². The third-order valence-electron chi connectivity index (χ3n) is 2.21. The van der Waals surface area contributed by atoms with Gasteiger partial charge in [0.05, 0.1) is 0 Å². The standard InChI is InChI=1S/C11H14N2O4/c1-2-12-9(14)6-7-13-8(11(16)17)4-3-5-10(13)15/h3-5H,2,6-7H2,1H3,(H,12,14)(H,16,17). The van der Waals surface area contributed by atoms with Crippen LogP contribution in [0.25, 0.3) is 0 Å². The first-order valence-electron chi connectivity index (χ1n) is 5.26. The molecule has 0 aliphatic heterocycles. The number of hydrogen-bond acceptors (Lipinski definition) is 3. The smallest absolute Gasteiger partial charge is 0.352 e. The summed E-state index contributed by atoms with van der Waals surface area (Å²) >= 11 is 0. The Kier molecular flexibility index (Phi) is 4.45. The minimum atomic E-state index is -1.18. The topological polar surface area (TPSA) is 88.4 Å². The van der Waals surface area contributed by atoms with Crippen LogP contribution in [0.2, 0.25) is 0 Å². The number of nitrogens with zero attached hydrogens (tertiary/aromatic N) is 1. The van der Waals surface area contributed by atoms with Crippen LogP contribution in [-0.4, -0.2) is 28.1 Å². The summed E-state index contributed by atoms with van der Waals surface area (Å²) in [4.78, 5) is 33.6. The van der Waals surface area contributed by atoms with Gasteiger partial charge in [0.2, 0.25) is 5.91 Å². The van der Waals surface area contributed by atoms with Crippen LogP contribution in [0.4, 0.5) is 0 Å². The van der Waals surface area contributed by atoms with Crippen LogP contribution < -0.4 is 10.9 Å². The molecule has 1 amide bonds. The Bertz CT molecular complexity index is 479.